The third kappa shape index (κ3) is 33.8. The molecule has 0 saturated carbocycles. The number of aromatic nitrogens is 2. The van der Waals surface area contributed by atoms with Gasteiger partial charge in [0.25, 0.3) is 11.8 Å². The number of imidazole rings is 1. The Bertz CT molecular complexity index is 4290. The van der Waals surface area contributed by atoms with Crippen molar-refractivity contribution >= 4 is 29.2 Å². The number of aryl methyl sites for hydroxylation is 1. The zero-order valence-corrected chi connectivity index (χ0v) is 72.3. The molecule has 10 rings (SSSR count). The van der Waals surface area contributed by atoms with Gasteiger partial charge in [-0.25, -0.2) is 4.98 Å². The van der Waals surface area contributed by atoms with E-state index in [0.717, 1.165) is 154 Å². The molecule has 0 aliphatic carbocycles. The Labute approximate surface area is 702 Å². The molecule has 5 aromatic carbocycles. The first kappa shape index (κ1) is 102. The molecule has 5 heterocycles. The van der Waals surface area contributed by atoms with Crippen LogP contribution in [0.3, 0.4) is 0 Å². The maximum atomic E-state index is 13.5. The highest BCUT2D eigenvalue weighted by Crippen LogP contribution is 2.39. The summed E-state index contributed by atoms with van der Waals surface area (Å²) < 4.78 is 203. The van der Waals surface area contributed by atoms with E-state index < -0.39 is 70.5 Å². The van der Waals surface area contributed by atoms with Gasteiger partial charge >= 0.3 is 30.9 Å². The Balaban J connectivity index is 0.000000234. The van der Waals surface area contributed by atoms with Crippen molar-refractivity contribution in [3.05, 3.63) is 193 Å². The molecule has 2 amide bonds. The van der Waals surface area contributed by atoms with Gasteiger partial charge in [-0.05, 0) is 149 Å². The largest absolute Gasteiger partial charge is 0.416 e. The summed E-state index contributed by atoms with van der Waals surface area (Å²) in [5.74, 6) is -1.68. The summed E-state index contributed by atoms with van der Waals surface area (Å²) in [7, 11) is 4.01. The van der Waals surface area contributed by atoms with Gasteiger partial charge in [0.15, 0.2) is 0 Å². The lowest BCUT2D eigenvalue weighted by Crippen LogP contribution is -2.45. The van der Waals surface area contributed by atoms with E-state index in [0.29, 0.717) is 29.8 Å². The molecule has 1 aromatic heterocycles. The molecule has 0 radical (unpaired) electrons. The van der Waals surface area contributed by atoms with Gasteiger partial charge in [0.1, 0.15) is 17.3 Å². The third-order valence-corrected chi connectivity index (χ3v) is 21.4. The van der Waals surface area contributed by atoms with Crippen molar-refractivity contribution in [3.8, 4) is 0 Å². The van der Waals surface area contributed by atoms with E-state index in [1.54, 1.807) is 105 Å². The number of hydrogen-bond donors (Lipinski definition) is 2. The molecular weight excluding hydrogens is 1600 g/mol. The van der Waals surface area contributed by atoms with Crippen LogP contribution in [-0.4, -0.2) is 222 Å². The summed E-state index contributed by atoms with van der Waals surface area (Å²) in [6.07, 6.45) is -18.9. The van der Waals surface area contributed by atoms with E-state index in [2.05, 4.69) is 54.0 Å². The van der Waals surface area contributed by atoms with Gasteiger partial charge in [0.05, 0.1) is 39.8 Å². The van der Waals surface area contributed by atoms with Crippen LogP contribution in [0.4, 0.5) is 65.9 Å². The fourth-order valence-electron chi connectivity index (χ4n) is 13.8. The summed E-state index contributed by atoms with van der Waals surface area (Å²) in [4.78, 5) is 80.5. The highest BCUT2D eigenvalue weighted by molar-refractivity contribution is 5.95. The number of rotatable bonds is 25. The number of Topliss-reactive ketones (excluding diaryl/α,β-unsaturated/α-hetero) is 3. The Morgan fingerprint density at radius 1 is 0.347 bits per heavy atom. The van der Waals surface area contributed by atoms with Gasteiger partial charge in [0, 0.05) is 204 Å². The first-order chi connectivity index (χ1) is 56.4. The molecule has 4 aliphatic rings. The van der Waals surface area contributed by atoms with Gasteiger partial charge < -0.3 is 34.8 Å². The normalized spacial score (nSPS) is 16.3. The lowest BCUT2D eigenvalue weighted by Gasteiger charge is -2.34. The number of hydrogen-bond acceptors (Lipinski definition) is 14. The second kappa shape index (κ2) is 46.0. The summed E-state index contributed by atoms with van der Waals surface area (Å²) in [5.41, 5.74) is -0.104. The molecule has 6 aromatic rings. The zero-order valence-electron chi connectivity index (χ0n) is 72.3. The SMILES string of the molecule is CC(C)C(=O)Cc1ccc(CN2CCN(C)CC2)c(C(F)(F)F)c1.CC(C)NC(=O)c1ccc(CN2CCN(C)CC2)c(C(F)(F)F)c1.CCN1CCN(Cc2ccc(C(=O)NC(C)C)cc2C(F)(F)F)CC1.CCN1CCN(Cc2ccc(CC(=O)C(C)C)cc2C(F)(F)F)CC1.Cc1cn(Cc2ccc(CC(=O)C(C)C)cc2C(F)(F)F)cn1. The molecule has 672 valence electrons. The van der Waals surface area contributed by atoms with Crippen molar-refractivity contribution in [2.75, 3.05) is 132 Å². The fourth-order valence-corrected chi connectivity index (χ4v) is 13.8. The standard InChI is InChI=1S/C19H27F3N2O.C18H26F3N3O.C18H25F3N2O.C17H24F3N3O.C17H19F3N2O/c1-4-23-7-9-24(10-8-23)13-16-6-5-15(12-18(25)14(2)3)11-17(16)19(20,21)22;1-4-23-7-9-24(10-8-23)12-15-6-5-14(17(25)22-13(2)3)11-16(15)18(19,20)21;1-13(2)17(24)11-14-4-5-15(16(10-14)18(19,20)21)12-23-8-6-22(3)7-9-23;1-12(2)21-16(24)13-4-5-14(15(10-13)17(18,19)20)11-23-8-6-22(3)7-9-23;1-11(2)16(23)7-13-4-5-14(15(6-13)17(18,19)20)9-22-8-12(3)21-10-22/h5-6,11,14H,4,7-10,12-13H2,1-3H3;5-6,11,13H,4,7-10,12H2,1-3H3,(H,22,25);4-5,10,13H,6-9,11-12H2,1-3H3;4-5,10,12H,6-9,11H2,1-3H3,(H,21,24);4-6,8,10-11H,7,9H2,1-3H3. The zero-order chi connectivity index (χ0) is 90.2. The molecule has 17 nitrogen and oxygen atoms in total. The van der Waals surface area contributed by atoms with Crippen LogP contribution in [-0.2, 0) is 97.3 Å². The number of likely N-dealkylation sites (N-methyl/N-ethyl adjacent to an activating group) is 4. The molecule has 0 atom stereocenters. The van der Waals surface area contributed by atoms with E-state index in [9.17, 15) is 89.8 Å². The molecule has 2 N–H and O–H groups in total. The minimum absolute atomic E-state index is 0.0191. The van der Waals surface area contributed by atoms with E-state index in [1.807, 2.05) is 28.8 Å². The number of halogens is 15. The molecule has 0 unspecified atom stereocenters. The Hall–Kier alpha value is -8.11. The van der Waals surface area contributed by atoms with E-state index in [4.69, 9.17) is 0 Å². The highest BCUT2D eigenvalue weighted by atomic mass is 19.4. The van der Waals surface area contributed by atoms with Crippen LogP contribution in [0.25, 0.3) is 0 Å². The Kier molecular flexibility index (Phi) is 38.7. The van der Waals surface area contributed by atoms with Gasteiger partial charge in [-0.1, -0.05) is 104 Å². The number of piperazine rings is 4. The van der Waals surface area contributed by atoms with Crippen LogP contribution < -0.4 is 10.6 Å². The summed E-state index contributed by atoms with van der Waals surface area (Å²) in [5, 5.41) is 5.25. The number of amides is 2. The van der Waals surface area contributed by atoms with Crippen LogP contribution in [0.2, 0.25) is 0 Å². The van der Waals surface area contributed by atoms with Crippen LogP contribution >= 0.6 is 0 Å². The summed E-state index contributed by atoms with van der Waals surface area (Å²) in [6.45, 7) is 39.6. The minimum atomic E-state index is -4.48. The van der Waals surface area contributed by atoms with Gasteiger partial charge in [-0.2, -0.15) is 65.9 Å². The second-order valence-electron chi connectivity index (χ2n) is 33.1. The van der Waals surface area contributed by atoms with Crippen molar-refractivity contribution < 1.29 is 89.8 Å². The number of nitrogens with one attached hydrogen (secondary N) is 2. The average molecular weight is 1720 g/mol. The lowest BCUT2D eigenvalue weighted by atomic mass is 9.96. The smallest absolute Gasteiger partial charge is 0.350 e. The minimum Gasteiger partial charge on any atom is -0.350 e. The van der Waals surface area contributed by atoms with Crippen molar-refractivity contribution in [1.82, 2.24) is 59.4 Å². The first-order valence-electron chi connectivity index (χ1n) is 41.3. The maximum Gasteiger partial charge on any atom is 0.416 e. The molecule has 4 saturated heterocycles. The lowest BCUT2D eigenvalue weighted by molar-refractivity contribution is -0.139. The number of alkyl halides is 15. The highest BCUT2D eigenvalue weighted by Gasteiger charge is 2.40. The quantitative estimate of drug-likeness (QED) is 0.0523. The van der Waals surface area contributed by atoms with E-state index in [1.165, 1.54) is 48.8 Å². The molecule has 4 fully saturated rings. The van der Waals surface area contributed by atoms with E-state index in [-0.39, 0.29) is 125 Å². The van der Waals surface area contributed by atoms with Gasteiger partial charge in [0.2, 0.25) is 0 Å². The summed E-state index contributed by atoms with van der Waals surface area (Å²) in [6, 6.07) is 20.3. The van der Waals surface area contributed by atoms with Crippen LogP contribution in [0.1, 0.15) is 182 Å². The molecule has 32 heteroatoms. The van der Waals surface area contributed by atoms with Crippen LogP contribution in [0.5, 0.6) is 0 Å². The molecule has 0 bridgehead atoms. The predicted octanol–water partition coefficient (Wildman–Crippen LogP) is 16.4. The number of carbonyl (C=O) groups is 5. The van der Waals surface area contributed by atoms with Crippen molar-refractivity contribution in [3.63, 3.8) is 0 Å². The van der Waals surface area contributed by atoms with Gasteiger partial charge in [-0.15, -0.1) is 0 Å². The number of carbonyl (C=O) groups excluding carboxylic acids is 5. The number of benzene rings is 5. The van der Waals surface area contributed by atoms with Gasteiger partial charge in [-0.3, -0.25) is 43.6 Å². The fraction of sp³-hybridized carbons (Fsp3) is 0.573. The predicted molar refractivity (Wildman–Crippen MR) is 439 cm³/mol. The average Bonchev–Trinajstić information content (AvgIpc) is 1.79. The Morgan fingerprint density at radius 2 is 0.587 bits per heavy atom. The van der Waals surface area contributed by atoms with Crippen molar-refractivity contribution in [2.24, 2.45) is 17.8 Å². The maximum absolute atomic E-state index is 13.5. The number of nitrogens with zero attached hydrogens (tertiary/aromatic N) is 10. The van der Waals surface area contributed by atoms with E-state index >= 15 is 0 Å². The second-order valence-corrected chi connectivity index (χ2v) is 33.1. The van der Waals surface area contributed by atoms with Crippen molar-refractivity contribution in [1.29, 1.82) is 0 Å². The van der Waals surface area contributed by atoms with Crippen LogP contribution in [0, 0.1) is 24.7 Å². The molecule has 121 heavy (non-hydrogen) atoms. The Morgan fingerprint density at radius 3 is 0.818 bits per heavy atom. The van der Waals surface area contributed by atoms with Crippen LogP contribution in [0.15, 0.2) is 104 Å². The summed E-state index contributed by atoms with van der Waals surface area (Å²) >= 11 is 0. The molecule has 0 spiro atoms. The third-order valence-electron chi connectivity index (χ3n) is 21.4. The molecule has 4 aliphatic heterocycles. The molecular formula is C89H121F15N12O5. The van der Waals surface area contributed by atoms with Crippen molar-refractivity contribution in [2.45, 2.75) is 185 Å². The monoisotopic (exact) mass is 1720 g/mol. The first-order valence-corrected chi connectivity index (χ1v) is 41.3. The number of ketones is 3. The topological polar surface area (TPSA) is 153 Å².